The number of rotatable bonds is 5. The summed E-state index contributed by atoms with van der Waals surface area (Å²) in [5, 5.41) is 2.91. The Morgan fingerprint density at radius 3 is 2.50 bits per heavy atom. The molecule has 0 aromatic carbocycles. The summed E-state index contributed by atoms with van der Waals surface area (Å²) in [5.74, 6) is -0.536. The number of nitrogens with one attached hydrogen (secondary N) is 1. The first-order chi connectivity index (χ1) is 8.00. The van der Waals surface area contributed by atoms with Gasteiger partial charge in [0.2, 0.25) is 11.8 Å². The maximum atomic E-state index is 11.7. The maximum absolute atomic E-state index is 11.7. The zero-order valence-corrected chi connectivity index (χ0v) is 11.7. The van der Waals surface area contributed by atoms with Crippen molar-refractivity contribution in [2.75, 3.05) is 0 Å². The summed E-state index contributed by atoms with van der Waals surface area (Å²) in [6.07, 6.45) is 4.77. The van der Waals surface area contributed by atoms with Gasteiger partial charge in [0.15, 0.2) is 0 Å². The third kappa shape index (κ3) is 5.69. The van der Waals surface area contributed by atoms with E-state index >= 15 is 0 Å². The zero-order valence-electron chi connectivity index (χ0n) is 10.9. The van der Waals surface area contributed by atoms with Crippen molar-refractivity contribution in [3.63, 3.8) is 0 Å². The molecule has 1 fully saturated rings. The lowest BCUT2D eigenvalue weighted by Crippen LogP contribution is -2.47. The van der Waals surface area contributed by atoms with Gasteiger partial charge in [0.05, 0.1) is 5.92 Å². The van der Waals surface area contributed by atoms with E-state index < -0.39 is 0 Å². The summed E-state index contributed by atoms with van der Waals surface area (Å²) in [4.78, 5) is 22.9. The van der Waals surface area contributed by atoms with Crippen LogP contribution in [0.4, 0.5) is 0 Å². The van der Waals surface area contributed by atoms with Crippen LogP contribution < -0.4 is 16.8 Å². The first-order valence-corrected chi connectivity index (χ1v) is 6.35. The van der Waals surface area contributed by atoms with Crippen LogP contribution >= 0.6 is 12.4 Å². The van der Waals surface area contributed by atoms with E-state index in [2.05, 4.69) is 5.32 Å². The van der Waals surface area contributed by atoms with Crippen LogP contribution in [0.15, 0.2) is 0 Å². The Bertz CT molecular complexity index is 284. The molecule has 5 N–H and O–H groups in total. The van der Waals surface area contributed by atoms with Gasteiger partial charge in [0, 0.05) is 18.5 Å². The fourth-order valence-electron chi connectivity index (χ4n) is 2.28. The molecule has 1 saturated carbocycles. The van der Waals surface area contributed by atoms with Gasteiger partial charge in [-0.1, -0.05) is 12.8 Å². The summed E-state index contributed by atoms with van der Waals surface area (Å²) < 4.78 is 0. The molecule has 0 heterocycles. The maximum Gasteiger partial charge on any atom is 0.222 e. The molecule has 0 aromatic rings. The number of amides is 2. The van der Waals surface area contributed by atoms with Crippen LogP contribution in [0.3, 0.4) is 0 Å². The highest BCUT2D eigenvalue weighted by Crippen LogP contribution is 2.24. The molecule has 18 heavy (non-hydrogen) atoms. The van der Waals surface area contributed by atoms with E-state index in [1.165, 1.54) is 0 Å². The van der Waals surface area contributed by atoms with Gasteiger partial charge in [-0.15, -0.1) is 12.4 Å². The van der Waals surface area contributed by atoms with Crippen molar-refractivity contribution >= 4 is 24.2 Å². The molecule has 3 unspecified atom stereocenters. The van der Waals surface area contributed by atoms with Crippen LogP contribution in [0.25, 0.3) is 0 Å². The van der Waals surface area contributed by atoms with Crippen molar-refractivity contribution in [3.05, 3.63) is 0 Å². The molecular weight excluding hydrogens is 254 g/mol. The lowest BCUT2D eigenvalue weighted by atomic mass is 9.84. The van der Waals surface area contributed by atoms with E-state index in [1.807, 2.05) is 6.92 Å². The van der Waals surface area contributed by atoms with Gasteiger partial charge in [0.25, 0.3) is 0 Å². The van der Waals surface area contributed by atoms with Gasteiger partial charge < -0.3 is 16.8 Å². The average Bonchev–Trinajstić information content (AvgIpc) is 2.27. The van der Waals surface area contributed by atoms with E-state index in [4.69, 9.17) is 11.5 Å². The molecule has 1 aliphatic carbocycles. The van der Waals surface area contributed by atoms with E-state index in [-0.39, 0.29) is 42.2 Å². The van der Waals surface area contributed by atoms with Crippen molar-refractivity contribution in [3.8, 4) is 0 Å². The molecule has 0 aromatic heterocycles. The van der Waals surface area contributed by atoms with E-state index in [9.17, 15) is 9.59 Å². The number of hydrogen-bond acceptors (Lipinski definition) is 3. The van der Waals surface area contributed by atoms with Crippen LogP contribution in [0.2, 0.25) is 0 Å². The molecule has 0 aliphatic heterocycles. The fraction of sp³-hybridized carbons (Fsp3) is 0.833. The van der Waals surface area contributed by atoms with Crippen LogP contribution in [0, 0.1) is 5.92 Å². The molecule has 5 nitrogen and oxygen atoms in total. The lowest BCUT2D eigenvalue weighted by molar-refractivity contribution is -0.126. The number of primary amides is 1. The largest absolute Gasteiger partial charge is 0.369 e. The summed E-state index contributed by atoms with van der Waals surface area (Å²) in [7, 11) is 0. The second-order valence-corrected chi connectivity index (χ2v) is 4.98. The van der Waals surface area contributed by atoms with Gasteiger partial charge in [-0.2, -0.15) is 0 Å². The van der Waals surface area contributed by atoms with Crippen molar-refractivity contribution in [2.24, 2.45) is 17.4 Å². The van der Waals surface area contributed by atoms with E-state index in [0.717, 1.165) is 25.7 Å². The van der Waals surface area contributed by atoms with Crippen molar-refractivity contribution in [1.29, 1.82) is 0 Å². The second-order valence-electron chi connectivity index (χ2n) is 4.98. The minimum atomic E-state index is -0.304. The van der Waals surface area contributed by atoms with Crippen molar-refractivity contribution < 1.29 is 9.59 Å². The van der Waals surface area contributed by atoms with Gasteiger partial charge in [-0.05, 0) is 26.2 Å². The van der Waals surface area contributed by atoms with Gasteiger partial charge >= 0.3 is 0 Å². The number of hydrogen-bond donors (Lipinski definition) is 3. The molecule has 0 radical (unpaired) electrons. The number of halogens is 1. The number of carbonyl (C=O) groups excluding carboxylic acids is 2. The van der Waals surface area contributed by atoms with Gasteiger partial charge in [0.1, 0.15) is 0 Å². The topological polar surface area (TPSA) is 98.2 Å². The third-order valence-electron chi connectivity index (χ3n) is 3.30. The predicted molar refractivity (Wildman–Crippen MR) is 73.2 cm³/mol. The van der Waals surface area contributed by atoms with Crippen LogP contribution in [0.5, 0.6) is 0 Å². The minimum Gasteiger partial charge on any atom is -0.369 e. The SMILES string of the molecule is CC(N)CCC(=O)NC1CCCCC1C(N)=O.Cl. The zero-order chi connectivity index (χ0) is 12.8. The Hall–Kier alpha value is -0.810. The van der Waals surface area contributed by atoms with Crippen LogP contribution in [0.1, 0.15) is 45.4 Å². The molecule has 0 spiro atoms. The Morgan fingerprint density at radius 1 is 1.33 bits per heavy atom. The fourth-order valence-corrected chi connectivity index (χ4v) is 2.28. The summed E-state index contributed by atoms with van der Waals surface area (Å²) >= 11 is 0. The third-order valence-corrected chi connectivity index (χ3v) is 3.30. The summed E-state index contributed by atoms with van der Waals surface area (Å²) in [6, 6.07) is -0.0547. The first kappa shape index (κ1) is 17.2. The van der Waals surface area contributed by atoms with Crippen molar-refractivity contribution in [1.82, 2.24) is 5.32 Å². The molecule has 0 bridgehead atoms. The molecule has 106 valence electrons. The second kappa shape index (κ2) is 8.32. The lowest BCUT2D eigenvalue weighted by Gasteiger charge is -2.30. The Labute approximate surface area is 114 Å². The Morgan fingerprint density at radius 2 is 1.94 bits per heavy atom. The standard InChI is InChI=1S/C12H23N3O2.ClH/c1-8(13)6-7-11(16)15-10-5-3-2-4-9(10)12(14)17;/h8-10H,2-7,13H2,1H3,(H2,14,17)(H,15,16);1H. The quantitative estimate of drug-likeness (QED) is 0.690. The van der Waals surface area contributed by atoms with E-state index in [0.29, 0.717) is 12.8 Å². The van der Waals surface area contributed by atoms with Crippen LogP contribution in [-0.4, -0.2) is 23.9 Å². The number of nitrogens with two attached hydrogens (primary N) is 2. The molecule has 2 amide bonds. The van der Waals surface area contributed by atoms with Crippen molar-refractivity contribution in [2.45, 2.75) is 57.5 Å². The normalized spacial score (nSPS) is 24.8. The summed E-state index contributed by atoms with van der Waals surface area (Å²) in [5.41, 5.74) is 10.9. The monoisotopic (exact) mass is 277 g/mol. The first-order valence-electron chi connectivity index (χ1n) is 6.35. The highest BCUT2D eigenvalue weighted by Gasteiger charge is 2.30. The molecule has 1 rings (SSSR count). The molecule has 1 aliphatic rings. The molecule has 0 saturated heterocycles. The molecular formula is C12H24ClN3O2. The van der Waals surface area contributed by atoms with Gasteiger partial charge in [-0.25, -0.2) is 0 Å². The minimum absolute atomic E-state index is 0. The summed E-state index contributed by atoms with van der Waals surface area (Å²) in [6.45, 7) is 1.88. The predicted octanol–water partition coefficient (Wildman–Crippen LogP) is 0.696. The average molecular weight is 278 g/mol. The molecule has 6 heteroatoms. The van der Waals surface area contributed by atoms with E-state index in [1.54, 1.807) is 0 Å². The van der Waals surface area contributed by atoms with Gasteiger partial charge in [-0.3, -0.25) is 9.59 Å². The highest BCUT2D eigenvalue weighted by molar-refractivity contribution is 5.85. The smallest absolute Gasteiger partial charge is 0.222 e. The molecule has 3 atom stereocenters. The highest BCUT2D eigenvalue weighted by atomic mass is 35.5. The van der Waals surface area contributed by atoms with Crippen LogP contribution in [-0.2, 0) is 9.59 Å². The Kier molecular flexibility index (Phi) is 7.95. The number of carbonyl (C=O) groups is 2. The Balaban J connectivity index is 0.00000289.